The molecule has 0 radical (unpaired) electrons. The molecule has 3 aromatic rings. The zero-order valence-corrected chi connectivity index (χ0v) is 10.4. The molecule has 0 fully saturated rings. The lowest BCUT2D eigenvalue weighted by molar-refractivity contribution is 0.191. The molecule has 2 nitrogen and oxygen atoms in total. The lowest BCUT2D eigenvalue weighted by atomic mass is 10.0. The highest BCUT2D eigenvalue weighted by atomic mass is 19.1. The Labute approximate surface area is 110 Å². The maximum atomic E-state index is 13.1. The predicted molar refractivity (Wildman–Crippen MR) is 71.4 cm³/mol. The lowest BCUT2D eigenvalue weighted by Gasteiger charge is -2.10. The molecule has 0 spiro atoms. The van der Waals surface area contributed by atoms with Crippen LogP contribution in [0, 0.1) is 12.7 Å². The summed E-state index contributed by atoms with van der Waals surface area (Å²) in [6.45, 7) is 1.93. The van der Waals surface area contributed by atoms with Crippen LogP contribution in [0.2, 0.25) is 0 Å². The number of benzene rings is 2. The van der Waals surface area contributed by atoms with Crippen LogP contribution in [0.1, 0.15) is 23.0 Å². The maximum absolute atomic E-state index is 13.1. The molecule has 0 saturated carbocycles. The van der Waals surface area contributed by atoms with Crippen LogP contribution in [0.4, 0.5) is 4.39 Å². The third-order valence-corrected chi connectivity index (χ3v) is 3.25. The topological polar surface area (TPSA) is 33.4 Å². The van der Waals surface area contributed by atoms with Crippen LogP contribution < -0.4 is 0 Å². The molecule has 0 aliphatic carbocycles. The molecule has 0 aliphatic heterocycles. The smallest absolute Gasteiger partial charge is 0.138 e. The third kappa shape index (κ3) is 2.13. The number of hydrogen-bond donors (Lipinski definition) is 1. The van der Waals surface area contributed by atoms with Crippen molar-refractivity contribution in [2.24, 2.45) is 0 Å². The monoisotopic (exact) mass is 256 g/mol. The molecule has 1 heterocycles. The first-order valence-corrected chi connectivity index (χ1v) is 6.08. The minimum atomic E-state index is -0.836. The molecule has 3 rings (SSSR count). The summed E-state index contributed by atoms with van der Waals surface area (Å²) in [4.78, 5) is 0. The van der Waals surface area contributed by atoms with Crippen molar-refractivity contribution >= 4 is 11.0 Å². The third-order valence-electron chi connectivity index (χ3n) is 3.25. The Balaban J connectivity index is 2.07. The fraction of sp³-hybridized carbons (Fsp3) is 0.125. The Morgan fingerprint density at radius 3 is 2.68 bits per heavy atom. The van der Waals surface area contributed by atoms with Crippen LogP contribution in [0.15, 0.2) is 52.9 Å². The van der Waals surface area contributed by atoms with Crippen LogP contribution >= 0.6 is 0 Å². The lowest BCUT2D eigenvalue weighted by Crippen LogP contribution is -2.00. The number of furan rings is 1. The van der Waals surface area contributed by atoms with E-state index >= 15 is 0 Å². The van der Waals surface area contributed by atoms with E-state index in [9.17, 15) is 9.50 Å². The molecular formula is C16H13FO2. The number of rotatable bonds is 2. The van der Waals surface area contributed by atoms with Crippen molar-refractivity contribution in [3.05, 3.63) is 71.2 Å². The van der Waals surface area contributed by atoms with Gasteiger partial charge in [0.25, 0.3) is 0 Å². The standard InChI is InChI=1S/C16H13FO2/c1-10-4-2-3-5-13(10)16(18)15-9-11-8-12(17)6-7-14(11)19-15/h2-9,16,18H,1H3. The van der Waals surface area contributed by atoms with E-state index in [-0.39, 0.29) is 5.82 Å². The Hall–Kier alpha value is -2.13. The second-order valence-corrected chi connectivity index (χ2v) is 4.59. The molecule has 19 heavy (non-hydrogen) atoms. The highest BCUT2D eigenvalue weighted by molar-refractivity contribution is 5.78. The molecule has 1 atom stereocenters. The van der Waals surface area contributed by atoms with E-state index in [1.54, 1.807) is 12.1 Å². The van der Waals surface area contributed by atoms with E-state index in [4.69, 9.17) is 4.42 Å². The Kier molecular flexibility index (Phi) is 2.84. The Bertz CT molecular complexity index is 730. The molecule has 1 N–H and O–H groups in total. The van der Waals surface area contributed by atoms with Gasteiger partial charge in [-0.3, -0.25) is 0 Å². The average Bonchev–Trinajstić information content (AvgIpc) is 2.81. The van der Waals surface area contributed by atoms with Gasteiger partial charge >= 0.3 is 0 Å². The summed E-state index contributed by atoms with van der Waals surface area (Å²) in [7, 11) is 0. The van der Waals surface area contributed by atoms with E-state index in [0.29, 0.717) is 16.7 Å². The molecule has 1 aromatic heterocycles. The molecule has 0 saturated heterocycles. The van der Waals surface area contributed by atoms with Gasteiger partial charge in [-0.15, -0.1) is 0 Å². The summed E-state index contributed by atoms with van der Waals surface area (Å²) in [6, 6.07) is 13.6. The molecule has 0 amide bonds. The molecule has 1 unspecified atom stereocenters. The zero-order chi connectivity index (χ0) is 13.4. The quantitative estimate of drug-likeness (QED) is 0.752. The normalized spacial score (nSPS) is 12.8. The van der Waals surface area contributed by atoms with Gasteiger partial charge in [0.05, 0.1) is 0 Å². The maximum Gasteiger partial charge on any atom is 0.138 e. The van der Waals surface area contributed by atoms with Crippen molar-refractivity contribution < 1.29 is 13.9 Å². The van der Waals surface area contributed by atoms with Crippen molar-refractivity contribution in [3.63, 3.8) is 0 Å². The van der Waals surface area contributed by atoms with Crippen molar-refractivity contribution in [1.82, 2.24) is 0 Å². The summed E-state index contributed by atoms with van der Waals surface area (Å²) < 4.78 is 18.7. The molecule has 96 valence electrons. The van der Waals surface area contributed by atoms with E-state index in [1.807, 2.05) is 31.2 Å². The van der Waals surface area contributed by atoms with Crippen LogP contribution in [0.25, 0.3) is 11.0 Å². The number of hydrogen-bond acceptors (Lipinski definition) is 2. The Morgan fingerprint density at radius 2 is 1.89 bits per heavy atom. The molecule has 0 aliphatic rings. The fourth-order valence-corrected chi connectivity index (χ4v) is 2.22. The van der Waals surface area contributed by atoms with Gasteiger partial charge in [0.2, 0.25) is 0 Å². The first-order chi connectivity index (χ1) is 9.15. The Morgan fingerprint density at radius 1 is 1.11 bits per heavy atom. The van der Waals surface area contributed by atoms with Gasteiger partial charge < -0.3 is 9.52 Å². The molecule has 2 aromatic carbocycles. The number of fused-ring (bicyclic) bond motifs is 1. The number of aliphatic hydroxyl groups is 1. The first kappa shape index (κ1) is 11.9. The minimum absolute atomic E-state index is 0.315. The number of halogens is 1. The summed E-state index contributed by atoms with van der Waals surface area (Å²) in [5.74, 6) is 0.111. The van der Waals surface area contributed by atoms with Crippen LogP contribution in [0.5, 0.6) is 0 Å². The SMILES string of the molecule is Cc1ccccc1C(O)c1cc2cc(F)ccc2o1. The summed E-state index contributed by atoms with van der Waals surface area (Å²) in [6.07, 6.45) is -0.836. The molecular weight excluding hydrogens is 243 g/mol. The van der Waals surface area contributed by atoms with Gasteiger partial charge in [-0.2, -0.15) is 0 Å². The highest BCUT2D eigenvalue weighted by Crippen LogP contribution is 2.29. The van der Waals surface area contributed by atoms with Gasteiger partial charge in [-0.05, 0) is 42.3 Å². The summed E-state index contributed by atoms with van der Waals surface area (Å²) in [5.41, 5.74) is 2.35. The van der Waals surface area contributed by atoms with Gasteiger partial charge in [-0.1, -0.05) is 24.3 Å². The first-order valence-electron chi connectivity index (χ1n) is 6.08. The van der Waals surface area contributed by atoms with Crippen molar-refractivity contribution in [3.8, 4) is 0 Å². The number of aliphatic hydroxyl groups excluding tert-OH is 1. The largest absolute Gasteiger partial charge is 0.458 e. The highest BCUT2D eigenvalue weighted by Gasteiger charge is 2.17. The predicted octanol–water partition coefficient (Wildman–Crippen LogP) is 3.96. The van der Waals surface area contributed by atoms with E-state index in [0.717, 1.165) is 11.1 Å². The number of aryl methyl sites for hydroxylation is 1. The summed E-state index contributed by atoms with van der Waals surface area (Å²) in [5, 5.41) is 11.0. The van der Waals surface area contributed by atoms with Crippen LogP contribution in [-0.4, -0.2) is 5.11 Å². The average molecular weight is 256 g/mol. The second kappa shape index (κ2) is 4.52. The zero-order valence-electron chi connectivity index (χ0n) is 10.4. The van der Waals surface area contributed by atoms with Gasteiger partial charge in [-0.25, -0.2) is 4.39 Å². The van der Waals surface area contributed by atoms with Crippen molar-refractivity contribution in [1.29, 1.82) is 0 Å². The van der Waals surface area contributed by atoms with E-state index in [2.05, 4.69) is 0 Å². The fourth-order valence-electron chi connectivity index (χ4n) is 2.22. The van der Waals surface area contributed by atoms with Gasteiger partial charge in [0, 0.05) is 5.39 Å². The van der Waals surface area contributed by atoms with Gasteiger partial charge in [0.1, 0.15) is 23.3 Å². The molecule has 3 heteroatoms. The van der Waals surface area contributed by atoms with Crippen molar-refractivity contribution in [2.45, 2.75) is 13.0 Å². The minimum Gasteiger partial charge on any atom is -0.458 e. The van der Waals surface area contributed by atoms with Crippen molar-refractivity contribution in [2.75, 3.05) is 0 Å². The molecule has 0 bridgehead atoms. The van der Waals surface area contributed by atoms with Crippen LogP contribution in [-0.2, 0) is 0 Å². The van der Waals surface area contributed by atoms with E-state index < -0.39 is 6.10 Å². The second-order valence-electron chi connectivity index (χ2n) is 4.59. The van der Waals surface area contributed by atoms with Gasteiger partial charge in [0.15, 0.2) is 0 Å². The van der Waals surface area contributed by atoms with E-state index in [1.165, 1.54) is 12.1 Å². The summed E-state index contributed by atoms with van der Waals surface area (Å²) >= 11 is 0. The van der Waals surface area contributed by atoms with Crippen LogP contribution in [0.3, 0.4) is 0 Å².